The molecule has 0 aliphatic heterocycles. The molecule has 0 saturated carbocycles. The number of carbonyl (C=O) groups is 3. The van der Waals surface area contributed by atoms with E-state index < -0.39 is 24.0 Å². The van der Waals surface area contributed by atoms with Gasteiger partial charge in [0.2, 0.25) is 6.10 Å². The number of benzene rings is 2. The number of hydrogen-bond acceptors (Lipinski definition) is 5. The summed E-state index contributed by atoms with van der Waals surface area (Å²) in [4.78, 5) is 37.4. The van der Waals surface area contributed by atoms with Crippen LogP contribution < -0.4 is 10.6 Å². The Morgan fingerprint density at radius 2 is 1.75 bits per heavy atom. The topological polar surface area (TPSA) is 84.5 Å². The predicted molar refractivity (Wildman–Crippen MR) is 110 cm³/mol. The summed E-state index contributed by atoms with van der Waals surface area (Å²) in [6, 6.07) is 15.5. The van der Waals surface area contributed by atoms with Gasteiger partial charge in [0, 0.05) is 23.1 Å². The molecule has 2 N–H and O–H groups in total. The highest BCUT2D eigenvalue weighted by atomic mass is 32.2. The molecule has 2 rings (SSSR count). The summed E-state index contributed by atoms with van der Waals surface area (Å²) < 4.78 is 5.32. The van der Waals surface area contributed by atoms with Gasteiger partial charge in [0.25, 0.3) is 5.91 Å². The number of carbonyl (C=O) groups excluding carboxylic acids is 3. The smallest absolute Gasteiger partial charge is 0.331 e. The molecule has 146 valence electrons. The van der Waals surface area contributed by atoms with Gasteiger partial charge in [-0.2, -0.15) is 0 Å². The van der Waals surface area contributed by atoms with Crippen LogP contribution in [0.2, 0.25) is 0 Å². The Balaban J connectivity index is 2.10. The highest BCUT2D eigenvalue weighted by Gasteiger charge is 2.25. The number of ether oxygens (including phenoxy) is 1. The summed E-state index contributed by atoms with van der Waals surface area (Å²) in [5, 5.41) is 4.64. The van der Waals surface area contributed by atoms with Crippen molar-refractivity contribution in [2.75, 3.05) is 12.8 Å². The Hall–Kier alpha value is -3.06. The van der Waals surface area contributed by atoms with Crippen LogP contribution in [0.25, 0.3) is 6.08 Å². The summed E-state index contributed by atoms with van der Waals surface area (Å²) in [5.41, 5.74) is 1.30. The monoisotopic (exact) mass is 398 g/mol. The van der Waals surface area contributed by atoms with Crippen LogP contribution in [0.15, 0.2) is 65.6 Å². The minimum absolute atomic E-state index is 0.368. The molecule has 0 saturated heterocycles. The standard InChI is InChI=1S/C21H22N2O4S/c1-3-22-21(26)23-20(25)19(16-7-5-4-6-8-16)27-18(24)14-11-15-9-12-17(28-2)13-10-15/h4-14,19H,3H2,1-2H3,(H2,22,23,25,26)/b14-11+/t19-/m0/s1. The van der Waals surface area contributed by atoms with Crippen LogP contribution >= 0.6 is 11.8 Å². The second kappa shape index (κ2) is 10.9. The van der Waals surface area contributed by atoms with Gasteiger partial charge in [0.1, 0.15) is 0 Å². The van der Waals surface area contributed by atoms with E-state index in [0.717, 1.165) is 10.5 Å². The number of urea groups is 1. The molecule has 0 aliphatic carbocycles. The molecule has 0 aliphatic rings. The van der Waals surface area contributed by atoms with Crippen LogP contribution in [0.3, 0.4) is 0 Å². The van der Waals surface area contributed by atoms with E-state index >= 15 is 0 Å². The molecule has 0 aromatic heterocycles. The fraction of sp³-hybridized carbons (Fsp3) is 0.190. The van der Waals surface area contributed by atoms with Gasteiger partial charge in [-0.25, -0.2) is 9.59 Å². The van der Waals surface area contributed by atoms with Gasteiger partial charge in [0.15, 0.2) is 0 Å². The molecule has 7 heteroatoms. The Bertz CT molecular complexity index is 835. The van der Waals surface area contributed by atoms with Crippen LogP contribution in [0.1, 0.15) is 24.2 Å². The van der Waals surface area contributed by atoms with Gasteiger partial charge < -0.3 is 10.1 Å². The number of hydrogen-bond donors (Lipinski definition) is 2. The summed E-state index contributed by atoms with van der Waals surface area (Å²) in [5.74, 6) is -1.41. The van der Waals surface area contributed by atoms with Crippen molar-refractivity contribution in [2.24, 2.45) is 0 Å². The maximum atomic E-state index is 12.4. The minimum atomic E-state index is -1.24. The highest BCUT2D eigenvalue weighted by Crippen LogP contribution is 2.19. The lowest BCUT2D eigenvalue weighted by atomic mass is 10.1. The molecule has 1 atom stereocenters. The molecule has 0 bridgehead atoms. The number of rotatable bonds is 7. The molecular formula is C21H22N2O4S. The van der Waals surface area contributed by atoms with Crippen LogP contribution in [-0.4, -0.2) is 30.7 Å². The number of esters is 1. The van der Waals surface area contributed by atoms with Crippen LogP contribution in [0.5, 0.6) is 0 Å². The fourth-order valence-electron chi connectivity index (χ4n) is 2.32. The largest absolute Gasteiger partial charge is 0.444 e. The summed E-state index contributed by atoms with van der Waals surface area (Å²) >= 11 is 1.63. The van der Waals surface area contributed by atoms with Crippen molar-refractivity contribution in [3.05, 3.63) is 71.8 Å². The van der Waals surface area contributed by atoms with E-state index in [1.807, 2.05) is 30.5 Å². The summed E-state index contributed by atoms with van der Waals surface area (Å²) in [7, 11) is 0. The van der Waals surface area contributed by atoms with Gasteiger partial charge in [-0.05, 0) is 37.0 Å². The zero-order valence-electron chi connectivity index (χ0n) is 15.7. The number of amides is 3. The van der Waals surface area contributed by atoms with Crippen molar-refractivity contribution in [2.45, 2.75) is 17.9 Å². The van der Waals surface area contributed by atoms with Crippen molar-refractivity contribution in [3.8, 4) is 0 Å². The normalized spacial score (nSPS) is 11.6. The molecule has 0 heterocycles. The lowest BCUT2D eigenvalue weighted by Crippen LogP contribution is -2.42. The van der Waals surface area contributed by atoms with Crippen molar-refractivity contribution in [1.29, 1.82) is 0 Å². The Morgan fingerprint density at radius 3 is 2.36 bits per heavy atom. The third-order valence-corrected chi connectivity index (χ3v) is 4.42. The first-order valence-electron chi connectivity index (χ1n) is 8.70. The zero-order valence-corrected chi connectivity index (χ0v) is 16.5. The van der Waals surface area contributed by atoms with Crippen LogP contribution in [-0.2, 0) is 14.3 Å². The van der Waals surface area contributed by atoms with Crippen molar-refractivity contribution >= 4 is 35.7 Å². The molecule has 2 aromatic carbocycles. The highest BCUT2D eigenvalue weighted by molar-refractivity contribution is 7.98. The molecule has 0 radical (unpaired) electrons. The second-order valence-corrected chi connectivity index (χ2v) is 6.56. The summed E-state index contributed by atoms with van der Waals surface area (Å²) in [6.45, 7) is 2.10. The van der Waals surface area contributed by atoms with E-state index in [2.05, 4.69) is 10.6 Å². The van der Waals surface area contributed by atoms with Crippen LogP contribution in [0, 0.1) is 0 Å². The lowest BCUT2D eigenvalue weighted by molar-refractivity contribution is -0.151. The van der Waals surface area contributed by atoms with Gasteiger partial charge in [-0.3, -0.25) is 10.1 Å². The second-order valence-electron chi connectivity index (χ2n) is 5.68. The first kappa shape index (κ1) is 21.2. The van der Waals surface area contributed by atoms with Gasteiger partial charge in [-0.15, -0.1) is 11.8 Å². The van der Waals surface area contributed by atoms with Gasteiger partial charge in [-0.1, -0.05) is 42.5 Å². The Kier molecular flexibility index (Phi) is 8.30. The maximum absolute atomic E-state index is 12.4. The fourth-order valence-corrected chi connectivity index (χ4v) is 2.73. The van der Waals surface area contributed by atoms with E-state index in [1.54, 1.807) is 55.1 Å². The molecule has 0 fully saturated rings. The first-order chi connectivity index (χ1) is 13.5. The molecule has 28 heavy (non-hydrogen) atoms. The molecule has 3 amide bonds. The Labute approximate surface area is 168 Å². The van der Waals surface area contributed by atoms with E-state index in [0.29, 0.717) is 12.1 Å². The van der Waals surface area contributed by atoms with Crippen molar-refractivity contribution in [3.63, 3.8) is 0 Å². The lowest BCUT2D eigenvalue weighted by Gasteiger charge is -2.16. The minimum Gasteiger partial charge on any atom is -0.444 e. The predicted octanol–water partition coefficient (Wildman–Crippen LogP) is 3.55. The number of imide groups is 1. The molecule has 0 spiro atoms. The molecule has 2 aromatic rings. The van der Waals surface area contributed by atoms with E-state index in [-0.39, 0.29) is 0 Å². The maximum Gasteiger partial charge on any atom is 0.331 e. The van der Waals surface area contributed by atoms with Crippen molar-refractivity contribution < 1.29 is 19.1 Å². The average molecular weight is 398 g/mol. The molecule has 6 nitrogen and oxygen atoms in total. The zero-order chi connectivity index (χ0) is 20.4. The van der Waals surface area contributed by atoms with Crippen LogP contribution in [0.4, 0.5) is 4.79 Å². The van der Waals surface area contributed by atoms with E-state index in [9.17, 15) is 14.4 Å². The third kappa shape index (κ3) is 6.59. The first-order valence-corrected chi connectivity index (χ1v) is 9.92. The third-order valence-electron chi connectivity index (χ3n) is 3.68. The van der Waals surface area contributed by atoms with E-state index in [4.69, 9.17) is 4.74 Å². The SMILES string of the molecule is CCNC(=O)NC(=O)[C@@H](OC(=O)/C=C/c1ccc(SC)cc1)c1ccccc1. The number of thioether (sulfide) groups is 1. The van der Waals surface area contributed by atoms with Crippen molar-refractivity contribution in [1.82, 2.24) is 10.6 Å². The van der Waals surface area contributed by atoms with Gasteiger partial charge in [0.05, 0.1) is 0 Å². The number of nitrogens with one attached hydrogen (secondary N) is 2. The quantitative estimate of drug-likeness (QED) is 0.423. The average Bonchev–Trinajstić information content (AvgIpc) is 2.71. The Morgan fingerprint density at radius 1 is 1.07 bits per heavy atom. The summed E-state index contributed by atoms with van der Waals surface area (Å²) in [6.07, 6.45) is 3.61. The van der Waals surface area contributed by atoms with Gasteiger partial charge >= 0.3 is 12.0 Å². The molecular weight excluding hydrogens is 376 g/mol. The van der Waals surface area contributed by atoms with E-state index in [1.165, 1.54) is 6.08 Å². The molecule has 0 unspecified atom stereocenters.